The van der Waals surface area contributed by atoms with Gasteiger partial charge in [-0.25, -0.2) is 0 Å². The molecule has 4 atom stereocenters. The number of ether oxygens (including phenoxy) is 1. The van der Waals surface area contributed by atoms with Gasteiger partial charge in [0.25, 0.3) is 0 Å². The molecule has 0 unspecified atom stereocenters. The van der Waals surface area contributed by atoms with Crippen LogP contribution in [-0.2, 0) is 9.53 Å². The zero-order chi connectivity index (χ0) is 14.3. The van der Waals surface area contributed by atoms with Gasteiger partial charge in [0.15, 0.2) is 0 Å². The molecule has 2 aliphatic heterocycles. The van der Waals surface area contributed by atoms with Crippen molar-refractivity contribution in [3.05, 3.63) is 34.9 Å². The van der Waals surface area contributed by atoms with Crippen molar-refractivity contribution in [1.29, 1.82) is 0 Å². The van der Waals surface area contributed by atoms with Crippen LogP contribution in [-0.4, -0.2) is 37.1 Å². The van der Waals surface area contributed by atoms with Crippen LogP contribution in [0.4, 0.5) is 0 Å². The molecule has 0 spiro atoms. The van der Waals surface area contributed by atoms with Crippen LogP contribution in [0.1, 0.15) is 30.7 Å². The number of hydrogen-bond donors (Lipinski definition) is 0. The molecule has 0 aliphatic carbocycles. The number of halogens is 1. The predicted molar refractivity (Wildman–Crippen MR) is 78.9 cm³/mol. The lowest BCUT2D eigenvalue weighted by Crippen LogP contribution is -2.49. The molecule has 2 saturated heterocycles. The molecule has 2 heterocycles. The largest absolute Gasteiger partial charge is 0.469 e. The minimum atomic E-state index is -0.0813. The number of carbonyl (C=O) groups is 1. The highest BCUT2D eigenvalue weighted by molar-refractivity contribution is 6.30. The van der Waals surface area contributed by atoms with Gasteiger partial charge in [-0.2, -0.15) is 0 Å². The number of piperidine rings is 1. The van der Waals surface area contributed by atoms with Crippen molar-refractivity contribution in [2.45, 2.75) is 37.3 Å². The average molecular weight is 294 g/mol. The molecule has 0 saturated carbocycles. The third kappa shape index (κ3) is 2.23. The summed E-state index contributed by atoms with van der Waals surface area (Å²) in [6.07, 6.45) is 3.29. The van der Waals surface area contributed by atoms with Crippen LogP contribution in [0, 0.1) is 5.92 Å². The predicted octanol–water partition coefficient (Wildman–Crippen LogP) is 3.08. The van der Waals surface area contributed by atoms with E-state index in [1.54, 1.807) is 0 Å². The first-order valence-electron chi connectivity index (χ1n) is 7.17. The van der Waals surface area contributed by atoms with Crippen LogP contribution in [0.15, 0.2) is 24.3 Å². The summed E-state index contributed by atoms with van der Waals surface area (Å²) in [6.45, 7) is 0. The molecule has 1 aromatic carbocycles. The number of fused-ring (bicyclic) bond motifs is 2. The molecular formula is C16H20ClNO2. The van der Waals surface area contributed by atoms with Gasteiger partial charge < -0.3 is 4.74 Å². The first-order chi connectivity index (χ1) is 9.61. The van der Waals surface area contributed by atoms with E-state index in [9.17, 15) is 4.79 Å². The first-order valence-corrected chi connectivity index (χ1v) is 7.55. The summed E-state index contributed by atoms with van der Waals surface area (Å²) in [5.74, 6) is 0.0977. The maximum absolute atomic E-state index is 12.3. The molecule has 0 radical (unpaired) electrons. The summed E-state index contributed by atoms with van der Waals surface area (Å²) >= 11 is 5.97. The zero-order valence-electron chi connectivity index (χ0n) is 11.9. The fourth-order valence-corrected chi connectivity index (χ4v) is 4.10. The lowest BCUT2D eigenvalue weighted by Gasteiger charge is -2.41. The number of benzene rings is 1. The molecule has 0 amide bonds. The quantitative estimate of drug-likeness (QED) is 0.785. The highest BCUT2D eigenvalue weighted by atomic mass is 35.5. The Labute approximate surface area is 124 Å². The summed E-state index contributed by atoms with van der Waals surface area (Å²) in [5.41, 5.74) is 1.20. The van der Waals surface area contributed by atoms with Gasteiger partial charge in [0.1, 0.15) is 0 Å². The molecule has 108 valence electrons. The Kier molecular flexibility index (Phi) is 3.74. The van der Waals surface area contributed by atoms with E-state index in [0.29, 0.717) is 12.1 Å². The maximum Gasteiger partial charge on any atom is 0.310 e. The molecule has 0 aromatic heterocycles. The van der Waals surface area contributed by atoms with Crippen LogP contribution in [0.25, 0.3) is 0 Å². The molecule has 2 fully saturated rings. The molecule has 0 N–H and O–H groups in total. The Morgan fingerprint density at radius 3 is 2.65 bits per heavy atom. The Balaban J connectivity index is 1.95. The van der Waals surface area contributed by atoms with Crippen molar-refractivity contribution in [3.63, 3.8) is 0 Å². The van der Waals surface area contributed by atoms with Gasteiger partial charge in [-0.05, 0) is 44.0 Å². The van der Waals surface area contributed by atoms with E-state index >= 15 is 0 Å². The minimum Gasteiger partial charge on any atom is -0.469 e. The summed E-state index contributed by atoms with van der Waals surface area (Å²) in [4.78, 5) is 14.6. The molecular weight excluding hydrogens is 274 g/mol. The maximum atomic E-state index is 12.3. The standard InChI is InChI=1S/C16H20ClNO2/c1-18-12-7-8-14(18)15(16(19)20-2)13(9-12)10-3-5-11(17)6-4-10/h3-6,12-15H,7-9H2,1-2H3/t12-,13+,14+,15-/m0/s1. The van der Waals surface area contributed by atoms with E-state index < -0.39 is 0 Å². The summed E-state index contributed by atoms with van der Waals surface area (Å²) in [6, 6.07) is 8.81. The molecule has 3 rings (SSSR count). The van der Waals surface area contributed by atoms with E-state index in [2.05, 4.69) is 11.9 Å². The average Bonchev–Trinajstić information content (AvgIpc) is 2.70. The fourth-order valence-electron chi connectivity index (χ4n) is 3.98. The Hall–Kier alpha value is -1.06. The molecule has 1 aromatic rings. The van der Waals surface area contributed by atoms with E-state index in [-0.39, 0.29) is 17.8 Å². The van der Waals surface area contributed by atoms with Crippen molar-refractivity contribution in [1.82, 2.24) is 4.90 Å². The number of rotatable bonds is 2. The SMILES string of the molecule is COC(=O)[C@H]1[C@@H](c2ccc(Cl)cc2)C[C@@H]2CC[C@H]1N2C. The van der Waals surface area contributed by atoms with E-state index in [1.807, 2.05) is 24.3 Å². The highest BCUT2D eigenvalue weighted by Crippen LogP contribution is 2.46. The van der Waals surface area contributed by atoms with Gasteiger partial charge in [-0.1, -0.05) is 23.7 Å². The molecule has 2 aliphatic rings. The fraction of sp³-hybridized carbons (Fsp3) is 0.562. The summed E-state index contributed by atoms with van der Waals surface area (Å²) < 4.78 is 5.07. The van der Waals surface area contributed by atoms with E-state index in [1.165, 1.54) is 19.1 Å². The molecule has 2 bridgehead atoms. The van der Waals surface area contributed by atoms with Crippen molar-refractivity contribution in [2.24, 2.45) is 5.92 Å². The second kappa shape index (κ2) is 5.38. The van der Waals surface area contributed by atoms with E-state index in [4.69, 9.17) is 16.3 Å². The normalized spacial score (nSPS) is 33.1. The van der Waals surface area contributed by atoms with Crippen LogP contribution < -0.4 is 0 Å². The lowest BCUT2D eigenvalue weighted by molar-refractivity contribution is -0.150. The number of esters is 1. The zero-order valence-corrected chi connectivity index (χ0v) is 12.6. The third-order valence-corrected chi connectivity index (χ3v) is 5.29. The smallest absolute Gasteiger partial charge is 0.310 e. The van der Waals surface area contributed by atoms with Crippen molar-refractivity contribution in [2.75, 3.05) is 14.2 Å². The Morgan fingerprint density at radius 2 is 2.00 bits per heavy atom. The van der Waals surface area contributed by atoms with Crippen molar-refractivity contribution in [3.8, 4) is 0 Å². The molecule has 3 nitrogen and oxygen atoms in total. The first kappa shape index (κ1) is 13.9. The number of carbonyl (C=O) groups excluding carboxylic acids is 1. The monoisotopic (exact) mass is 293 g/mol. The van der Waals surface area contributed by atoms with Gasteiger partial charge in [0.2, 0.25) is 0 Å². The van der Waals surface area contributed by atoms with Crippen molar-refractivity contribution < 1.29 is 9.53 Å². The van der Waals surface area contributed by atoms with Crippen LogP contribution >= 0.6 is 11.6 Å². The molecule has 20 heavy (non-hydrogen) atoms. The lowest BCUT2D eigenvalue weighted by atomic mass is 9.76. The second-order valence-electron chi connectivity index (χ2n) is 5.91. The van der Waals surface area contributed by atoms with Crippen LogP contribution in [0.5, 0.6) is 0 Å². The molecule has 4 heteroatoms. The topological polar surface area (TPSA) is 29.5 Å². The van der Waals surface area contributed by atoms with Gasteiger partial charge in [0.05, 0.1) is 13.0 Å². The van der Waals surface area contributed by atoms with Gasteiger partial charge in [0, 0.05) is 23.0 Å². The Bertz CT molecular complexity index is 502. The minimum absolute atomic E-state index is 0.0649. The van der Waals surface area contributed by atoms with Gasteiger partial charge in [-0.15, -0.1) is 0 Å². The van der Waals surface area contributed by atoms with Gasteiger partial charge >= 0.3 is 5.97 Å². The number of methoxy groups -OCH3 is 1. The van der Waals surface area contributed by atoms with E-state index in [0.717, 1.165) is 17.9 Å². The van der Waals surface area contributed by atoms with Crippen LogP contribution in [0.2, 0.25) is 5.02 Å². The van der Waals surface area contributed by atoms with Crippen LogP contribution in [0.3, 0.4) is 0 Å². The van der Waals surface area contributed by atoms with Crippen molar-refractivity contribution >= 4 is 17.6 Å². The summed E-state index contributed by atoms with van der Waals surface area (Å²) in [5, 5.41) is 0.735. The number of nitrogens with zero attached hydrogens (tertiary/aromatic N) is 1. The number of hydrogen-bond acceptors (Lipinski definition) is 3. The third-order valence-electron chi connectivity index (χ3n) is 5.04. The highest BCUT2D eigenvalue weighted by Gasteiger charge is 2.49. The summed E-state index contributed by atoms with van der Waals surface area (Å²) in [7, 11) is 3.62. The van der Waals surface area contributed by atoms with Gasteiger partial charge in [-0.3, -0.25) is 9.69 Å². The second-order valence-corrected chi connectivity index (χ2v) is 6.34. The Morgan fingerprint density at radius 1 is 1.30 bits per heavy atom.